The molecule has 0 spiro atoms. The van der Waals surface area contributed by atoms with E-state index in [4.69, 9.17) is 9.84 Å². The van der Waals surface area contributed by atoms with Crippen molar-refractivity contribution in [3.63, 3.8) is 0 Å². The number of allylic oxidation sites excluding steroid dienone is 3. The Hall–Kier alpha value is -0.980. The summed E-state index contributed by atoms with van der Waals surface area (Å²) in [5, 5.41) is 40.5. The molecule has 5 heteroatoms. The predicted octanol–water partition coefficient (Wildman–Crippen LogP) is 5.47. The summed E-state index contributed by atoms with van der Waals surface area (Å²) in [6, 6.07) is 0. The highest BCUT2D eigenvalue weighted by molar-refractivity contribution is 5.40. The molecule has 3 fully saturated rings. The van der Waals surface area contributed by atoms with Crippen LogP contribution in [-0.4, -0.2) is 57.6 Å². The zero-order valence-corrected chi connectivity index (χ0v) is 23.2. The Bertz CT molecular complexity index is 793. The molecule has 0 heterocycles. The number of hydrogen-bond donors (Lipinski definition) is 4. The molecular weight excluding hydrogens is 452 g/mol. The van der Waals surface area contributed by atoms with Crippen LogP contribution in [0.5, 0.6) is 0 Å². The Morgan fingerprint density at radius 1 is 1.17 bits per heavy atom. The van der Waals surface area contributed by atoms with E-state index in [1.165, 1.54) is 37.7 Å². The van der Waals surface area contributed by atoms with Crippen molar-refractivity contribution in [1.29, 1.82) is 0 Å². The van der Waals surface area contributed by atoms with Gasteiger partial charge in [0.2, 0.25) is 0 Å². The molecule has 4 N–H and O–H groups in total. The topological polar surface area (TPSA) is 90.2 Å². The molecule has 206 valence electrons. The number of fused-ring (bicyclic) bond motifs is 1. The first-order chi connectivity index (χ1) is 17.0. The second-order valence-electron chi connectivity index (χ2n) is 12.7. The van der Waals surface area contributed by atoms with Crippen LogP contribution in [0.1, 0.15) is 98.3 Å². The molecule has 0 aromatic carbocycles. The van der Waals surface area contributed by atoms with E-state index in [0.29, 0.717) is 48.7 Å². The molecular formula is C31H52O5. The van der Waals surface area contributed by atoms with Crippen molar-refractivity contribution in [2.24, 2.45) is 23.2 Å². The van der Waals surface area contributed by atoms with Crippen molar-refractivity contribution in [2.45, 2.75) is 122 Å². The maximum Gasteiger partial charge on any atom is 0.114 e. The minimum atomic E-state index is -0.912. The van der Waals surface area contributed by atoms with Crippen molar-refractivity contribution < 1.29 is 25.2 Å². The molecule has 3 rings (SSSR count). The number of rotatable bonds is 11. The Kier molecular flexibility index (Phi) is 10.4. The Morgan fingerprint density at radius 2 is 1.92 bits per heavy atom. The maximum absolute atomic E-state index is 10.8. The van der Waals surface area contributed by atoms with Gasteiger partial charge < -0.3 is 25.2 Å². The molecule has 0 amide bonds. The lowest BCUT2D eigenvalue weighted by atomic mass is 9.60. The highest BCUT2D eigenvalue weighted by Gasteiger charge is 2.50. The Balaban J connectivity index is 1.65. The molecule has 3 saturated carbocycles. The van der Waals surface area contributed by atoms with Gasteiger partial charge in [-0.25, -0.2) is 0 Å². The van der Waals surface area contributed by atoms with E-state index in [-0.39, 0.29) is 6.61 Å². The van der Waals surface area contributed by atoms with Gasteiger partial charge >= 0.3 is 0 Å². The Labute approximate surface area is 219 Å². The minimum Gasteiger partial charge on any atom is -0.396 e. The quantitative estimate of drug-likeness (QED) is 0.280. The molecule has 0 aliphatic heterocycles. The van der Waals surface area contributed by atoms with E-state index in [1.807, 2.05) is 13.8 Å². The van der Waals surface area contributed by atoms with Gasteiger partial charge in [0.25, 0.3) is 0 Å². The lowest BCUT2D eigenvalue weighted by Gasteiger charge is -2.44. The van der Waals surface area contributed by atoms with Gasteiger partial charge in [-0.3, -0.25) is 0 Å². The van der Waals surface area contributed by atoms with E-state index < -0.39 is 23.9 Å². The monoisotopic (exact) mass is 504 g/mol. The lowest BCUT2D eigenvalue weighted by molar-refractivity contribution is -0.0958. The summed E-state index contributed by atoms with van der Waals surface area (Å²) in [4.78, 5) is 0. The third kappa shape index (κ3) is 7.11. The first kappa shape index (κ1) is 29.6. The average molecular weight is 505 g/mol. The number of ether oxygens (including phenoxy) is 1. The molecule has 0 radical (unpaired) electrons. The summed E-state index contributed by atoms with van der Waals surface area (Å²) in [6.07, 6.45) is 13.1. The van der Waals surface area contributed by atoms with Crippen molar-refractivity contribution in [1.82, 2.24) is 0 Å². The maximum atomic E-state index is 10.8. The largest absolute Gasteiger partial charge is 0.396 e. The SMILES string of the molecule is C=C1/C(=C\C=C2/CCC[C@]3(C)[C@@H]([C@H](C)CCCC(C)(C)O)CC[C@@H]23)C[C@@H](O)[C@H](OCCCCO)[C@@H]1O. The van der Waals surface area contributed by atoms with E-state index >= 15 is 0 Å². The normalized spacial score (nSPS) is 36.4. The molecule has 0 unspecified atom stereocenters. The molecule has 0 bridgehead atoms. The minimum absolute atomic E-state index is 0.120. The number of aliphatic hydroxyl groups excluding tert-OH is 3. The second kappa shape index (κ2) is 12.7. The van der Waals surface area contributed by atoms with Gasteiger partial charge in [0.15, 0.2) is 0 Å². The molecule has 7 atom stereocenters. The Morgan fingerprint density at radius 3 is 2.61 bits per heavy atom. The first-order valence-electron chi connectivity index (χ1n) is 14.4. The van der Waals surface area contributed by atoms with Gasteiger partial charge in [0.1, 0.15) is 12.2 Å². The number of hydrogen-bond acceptors (Lipinski definition) is 5. The highest BCUT2D eigenvalue weighted by Crippen LogP contribution is 2.60. The number of aliphatic hydroxyl groups is 4. The standard InChI is InChI=1S/C31H52O5/c1-21(10-8-16-30(3,4)35)25-14-15-26-23(11-9-17-31(25,26)5)12-13-24-20-27(33)29(28(34)22(24)2)36-19-7-6-18-32/h12-13,21,25-29,32-35H,2,6-11,14-20H2,1,3-5H3/b23-12+,24-13-/t21-,25-,26+,27-,28-,29+,31-/m1/s1. The summed E-state index contributed by atoms with van der Waals surface area (Å²) in [5.74, 6) is 1.98. The molecule has 0 aromatic heterocycles. The van der Waals surface area contributed by atoms with E-state index in [9.17, 15) is 15.3 Å². The fraction of sp³-hybridized carbons (Fsp3) is 0.806. The van der Waals surface area contributed by atoms with Crippen LogP contribution in [-0.2, 0) is 4.74 Å². The molecule has 0 saturated heterocycles. The van der Waals surface area contributed by atoms with Gasteiger partial charge in [-0.05, 0) is 99.5 Å². The second-order valence-corrected chi connectivity index (χ2v) is 12.7. The van der Waals surface area contributed by atoms with E-state index in [0.717, 1.165) is 30.8 Å². The predicted molar refractivity (Wildman–Crippen MR) is 145 cm³/mol. The van der Waals surface area contributed by atoms with Crippen molar-refractivity contribution >= 4 is 0 Å². The first-order valence-corrected chi connectivity index (χ1v) is 14.4. The van der Waals surface area contributed by atoms with Gasteiger partial charge in [0, 0.05) is 19.6 Å². The van der Waals surface area contributed by atoms with E-state index in [1.54, 1.807) is 0 Å². The third-order valence-corrected chi connectivity index (χ3v) is 9.42. The van der Waals surface area contributed by atoms with E-state index in [2.05, 4.69) is 32.6 Å². The van der Waals surface area contributed by atoms with Crippen molar-refractivity contribution in [3.8, 4) is 0 Å². The van der Waals surface area contributed by atoms with Crippen LogP contribution in [0.3, 0.4) is 0 Å². The van der Waals surface area contributed by atoms with Crippen molar-refractivity contribution in [2.75, 3.05) is 13.2 Å². The van der Waals surface area contributed by atoms with Gasteiger partial charge in [-0.1, -0.05) is 51.0 Å². The van der Waals surface area contributed by atoms with Crippen molar-refractivity contribution in [3.05, 3.63) is 35.5 Å². The molecule has 36 heavy (non-hydrogen) atoms. The lowest BCUT2D eigenvalue weighted by Crippen LogP contribution is -2.45. The van der Waals surface area contributed by atoms with Gasteiger partial charge in [0.05, 0.1) is 11.7 Å². The smallest absolute Gasteiger partial charge is 0.114 e. The summed E-state index contributed by atoms with van der Waals surface area (Å²) in [6.45, 7) is 13.4. The van der Waals surface area contributed by atoms with Crippen LogP contribution < -0.4 is 0 Å². The zero-order valence-electron chi connectivity index (χ0n) is 23.2. The van der Waals surface area contributed by atoms with Crippen LogP contribution in [0, 0.1) is 23.2 Å². The van der Waals surface area contributed by atoms with Crippen LogP contribution >= 0.6 is 0 Å². The molecule has 5 nitrogen and oxygen atoms in total. The van der Waals surface area contributed by atoms with Crippen LogP contribution in [0.2, 0.25) is 0 Å². The third-order valence-electron chi connectivity index (χ3n) is 9.42. The molecule has 0 aromatic rings. The zero-order chi connectivity index (χ0) is 26.5. The average Bonchev–Trinajstić information content (AvgIpc) is 3.16. The number of unbranched alkanes of at least 4 members (excludes halogenated alkanes) is 1. The van der Waals surface area contributed by atoms with Crippen LogP contribution in [0.25, 0.3) is 0 Å². The molecule has 3 aliphatic rings. The molecule has 3 aliphatic carbocycles. The van der Waals surface area contributed by atoms with Gasteiger partial charge in [-0.2, -0.15) is 0 Å². The fourth-order valence-electron chi connectivity index (χ4n) is 7.36. The van der Waals surface area contributed by atoms with Crippen LogP contribution in [0.15, 0.2) is 35.5 Å². The summed E-state index contributed by atoms with van der Waals surface area (Å²) < 4.78 is 5.74. The summed E-state index contributed by atoms with van der Waals surface area (Å²) in [5.41, 5.74) is 2.83. The summed E-state index contributed by atoms with van der Waals surface area (Å²) in [7, 11) is 0. The fourth-order valence-corrected chi connectivity index (χ4v) is 7.36. The summed E-state index contributed by atoms with van der Waals surface area (Å²) >= 11 is 0. The van der Waals surface area contributed by atoms with Gasteiger partial charge in [-0.15, -0.1) is 0 Å². The highest BCUT2D eigenvalue weighted by atomic mass is 16.5. The van der Waals surface area contributed by atoms with Crippen LogP contribution in [0.4, 0.5) is 0 Å².